The molecule has 0 spiro atoms. The van der Waals surface area contributed by atoms with Gasteiger partial charge in [-0.05, 0) is 61.9 Å². The van der Waals surface area contributed by atoms with Crippen LogP contribution in [0.4, 0.5) is 0 Å². The lowest BCUT2D eigenvalue weighted by atomic mass is 9.87. The van der Waals surface area contributed by atoms with E-state index in [4.69, 9.17) is 15.9 Å². The van der Waals surface area contributed by atoms with E-state index in [0.29, 0.717) is 19.4 Å². The summed E-state index contributed by atoms with van der Waals surface area (Å²) in [6.07, 6.45) is 7.79. The van der Waals surface area contributed by atoms with Crippen LogP contribution in [0, 0.1) is 0 Å². The molecule has 3 aromatic heterocycles. The van der Waals surface area contributed by atoms with Crippen LogP contribution in [-0.2, 0) is 30.6 Å². The van der Waals surface area contributed by atoms with Crippen molar-refractivity contribution in [1.29, 1.82) is 0 Å². The second-order valence-corrected chi connectivity index (χ2v) is 11.9. The molecule has 0 aliphatic rings. The van der Waals surface area contributed by atoms with Crippen LogP contribution in [0.1, 0.15) is 60.9 Å². The van der Waals surface area contributed by atoms with Crippen LogP contribution in [0.15, 0.2) is 91.3 Å². The molecule has 0 aliphatic carbocycles. The van der Waals surface area contributed by atoms with E-state index < -0.39 is 5.54 Å². The van der Waals surface area contributed by atoms with Gasteiger partial charge >= 0.3 is 0 Å². The molecule has 4 N–H and O–H groups in total. The fourth-order valence-corrected chi connectivity index (χ4v) is 5.86. The second-order valence-electron chi connectivity index (χ2n) is 11.9. The molecule has 0 saturated carbocycles. The minimum absolute atomic E-state index is 0.0162. The number of carbonyl (C=O) groups excluding carboxylic acids is 1. The van der Waals surface area contributed by atoms with Crippen molar-refractivity contribution in [3.05, 3.63) is 120 Å². The number of aromatic nitrogens is 5. The lowest BCUT2D eigenvalue weighted by Crippen LogP contribution is -2.42. The lowest BCUT2D eigenvalue weighted by molar-refractivity contribution is -0.123. The van der Waals surface area contributed by atoms with Gasteiger partial charge in [0.15, 0.2) is 5.78 Å². The van der Waals surface area contributed by atoms with Crippen LogP contribution in [0.25, 0.3) is 21.8 Å². The molecule has 0 unspecified atom stereocenters. The SMILES string of the molecule is CC(C)(N)C(=O)C[C@H](Cc1c[nH]c2ccccc12)c1nnc(CCCc2c[nH]c3ccccc23)n1Cc1ccccc1. The van der Waals surface area contributed by atoms with E-state index in [1.165, 1.54) is 16.5 Å². The van der Waals surface area contributed by atoms with E-state index in [2.05, 4.69) is 87.6 Å². The molecule has 214 valence electrons. The molecule has 1 atom stereocenters. The second kappa shape index (κ2) is 11.8. The fourth-order valence-electron chi connectivity index (χ4n) is 5.86. The van der Waals surface area contributed by atoms with Gasteiger partial charge < -0.3 is 20.3 Å². The predicted octanol–water partition coefficient (Wildman–Crippen LogP) is 6.49. The van der Waals surface area contributed by atoms with Crippen LogP contribution in [-0.4, -0.2) is 36.1 Å². The van der Waals surface area contributed by atoms with Crippen molar-refractivity contribution in [2.24, 2.45) is 5.73 Å². The summed E-state index contributed by atoms with van der Waals surface area (Å²) in [5.41, 5.74) is 11.3. The summed E-state index contributed by atoms with van der Waals surface area (Å²) in [7, 11) is 0. The maximum absolute atomic E-state index is 13.3. The van der Waals surface area contributed by atoms with E-state index in [1.807, 2.05) is 18.2 Å². The van der Waals surface area contributed by atoms with Crippen LogP contribution in [0.5, 0.6) is 0 Å². The average molecular weight is 559 g/mol. The molecule has 3 aromatic carbocycles. The molecule has 6 rings (SSSR count). The van der Waals surface area contributed by atoms with Gasteiger partial charge in [0, 0.05) is 53.0 Å². The molecule has 0 bridgehead atoms. The quantitative estimate of drug-likeness (QED) is 0.160. The summed E-state index contributed by atoms with van der Waals surface area (Å²) in [5.74, 6) is 1.63. The average Bonchev–Trinajstić information content (AvgIpc) is 3.71. The first-order valence-electron chi connectivity index (χ1n) is 14.7. The van der Waals surface area contributed by atoms with Crippen LogP contribution >= 0.6 is 0 Å². The molecular weight excluding hydrogens is 520 g/mol. The third-order valence-corrected chi connectivity index (χ3v) is 8.22. The summed E-state index contributed by atoms with van der Waals surface area (Å²) in [6.45, 7) is 4.21. The standard InChI is InChI=1S/C35H38N6O/c1-35(2,36)32(42)20-26(19-27-22-38-31-17-9-7-15-29(27)31)34-40-39-33(41(34)23-24-11-4-3-5-12-24)18-10-13-25-21-37-30-16-8-6-14-28(25)30/h3-9,11-12,14-17,21-22,26,37-38H,10,13,18-20,23,36H2,1-2H3/t26-/m0/s1. The Morgan fingerprint density at radius 2 is 1.45 bits per heavy atom. The fraction of sp³-hybridized carbons (Fsp3) is 0.286. The first kappa shape index (κ1) is 27.7. The highest BCUT2D eigenvalue weighted by molar-refractivity contribution is 5.88. The summed E-state index contributed by atoms with van der Waals surface area (Å²) >= 11 is 0. The minimum atomic E-state index is -0.926. The monoisotopic (exact) mass is 558 g/mol. The van der Waals surface area contributed by atoms with Gasteiger partial charge in [-0.2, -0.15) is 0 Å². The van der Waals surface area contributed by atoms with E-state index in [9.17, 15) is 4.79 Å². The predicted molar refractivity (Wildman–Crippen MR) is 169 cm³/mol. The van der Waals surface area contributed by atoms with E-state index in [-0.39, 0.29) is 11.7 Å². The minimum Gasteiger partial charge on any atom is -0.361 e. The van der Waals surface area contributed by atoms with Gasteiger partial charge in [-0.3, -0.25) is 4.79 Å². The Morgan fingerprint density at radius 1 is 0.833 bits per heavy atom. The number of nitrogens with two attached hydrogens (primary N) is 1. The van der Waals surface area contributed by atoms with Crippen molar-refractivity contribution in [3.8, 4) is 0 Å². The number of aryl methyl sites for hydroxylation is 2. The number of hydrogen-bond acceptors (Lipinski definition) is 4. The maximum Gasteiger partial charge on any atom is 0.152 e. The molecule has 7 heteroatoms. The smallest absolute Gasteiger partial charge is 0.152 e. The molecule has 0 saturated heterocycles. The maximum atomic E-state index is 13.3. The lowest BCUT2D eigenvalue weighted by Gasteiger charge is -2.23. The number of Topliss-reactive ketones (excluding diaryl/α,β-unsaturated/α-hetero) is 1. The Labute approximate surface area is 246 Å². The Hall–Kier alpha value is -4.49. The van der Waals surface area contributed by atoms with Crippen molar-refractivity contribution in [3.63, 3.8) is 0 Å². The number of benzene rings is 3. The highest BCUT2D eigenvalue weighted by atomic mass is 16.1. The number of para-hydroxylation sites is 2. The van der Waals surface area contributed by atoms with Gasteiger partial charge in [0.2, 0.25) is 0 Å². The van der Waals surface area contributed by atoms with Gasteiger partial charge in [0.1, 0.15) is 11.6 Å². The van der Waals surface area contributed by atoms with Crippen LogP contribution in [0.3, 0.4) is 0 Å². The Bertz CT molecular complexity index is 1800. The summed E-state index contributed by atoms with van der Waals surface area (Å²) in [6, 6.07) is 27.1. The van der Waals surface area contributed by atoms with E-state index in [1.54, 1.807) is 13.8 Å². The highest BCUT2D eigenvalue weighted by Crippen LogP contribution is 2.30. The highest BCUT2D eigenvalue weighted by Gasteiger charge is 2.30. The van der Waals surface area contributed by atoms with E-state index in [0.717, 1.165) is 52.9 Å². The van der Waals surface area contributed by atoms with E-state index >= 15 is 0 Å². The van der Waals surface area contributed by atoms with Gasteiger partial charge in [-0.15, -0.1) is 10.2 Å². The van der Waals surface area contributed by atoms with Crippen molar-refractivity contribution >= 4 is 27.6 Å². The van der Waals surface area contributed by atoms with Crippen LogP contribution < -0.4 is 5.73 Å². The Kier molecular flexibility index (Phi) is 7.76. The van der Waals surface area contributed by atoms with Gasteiger partial charge in [-0.1, -0.05) is 66.7 Å². The number of aromatic amines is 2. The number of carbonyl (C=O) groups is 1. The molecule has 7 nitrogen and oxygen atoms in total. The number of nitrogens with zero attached hydrogens (tertiary/aromatic N) is 3. The zero-order chi connectivity index (χ0) is 29.1. The first-order valence-corrected chi connectivity index (χ1v) is 14.7. The molecule has 6 aromatic rings. The van der Waals surface area contributed by atoms with Crippen molar-refractivity contribution in [1.82, 2.24) is 24.7 Å². The summed E-state index contributed by atoms with van der Waals surface area (Å²) in [4.78, 5) is 20.1. The van der Waals surface area contributed by atoms with Crippen molar-refractivity contribution < 1.29 is 4.79 Å². The van der Waals surface area contributed by atoms with Crippen molar-refractivity contribution in [2.75, 3.05) is 0 Å². The van der Waals surface area contributed by atoms with Gasteiger partial charge in [0.05, 0.1) is 12.1 Å². The normalized spacial score (nSPS) is 12.7. The molecule has 0 aliphatic heterocycles. The number of rotatable bonds is 12. The molecule has 0 radical (unpaired) electrons. The number of fused-ring (bicyclic) bond motifs is 2. The van der Waals surface area contributed by atoms with Gasteiger partial charge in [-0.25, -0.2) is 0 Å². The molecule has 0 fully saturated rings. The summed E-state index contributed by atoms with van der Waals surface area (Å²) in [5, 5.41) is 11.9. The number of ketones is 1. The summed E-state index contributed by atoms with van der Waals surface area (Å²) < 4.78 is 2.24. The van der Waals surface area contributed by atoms with Gasteiger partial charge in [0.25, 0.3) is 0 Å². The number of nitrogens with one attached hydrogen (secondary N) is 2. The topological polar surface area (TPSA) is 105 Å². The third-order valence-electron chi connectivity index (χ3n) is 8.22. The largest absolute Gasteiger partial charge is 0.361 e. The Morgan fingerprint density at radius 3 is 2.14 bits per heavy atom. The van der Waals surface area contributed by atoms with Crippen LogP contribution in [0.2, 0.25) is 0 Å². The number of hydrogen-bond donors (Lipinski definition) is 3. The molecule has 0 amide bonds. The Balaban J connectivity index is 1.33. The molecular formula is C35H38N6O. The molecule has 3 heterocycles. The zero-order valence-corrected chi connectivity index (χ0v) is 24.3. The first-order chi connectivity index (χ1) is 20.4. The third kappa shape index (κ3) is 5.92. The number of H-pyrrole nitrogens is 2. The zero-order valence-electron chi connectivity index (χ0n) is 24.3. The molecule has 42 heavy (non-hydrogen) atoms. The van der Waals surface area contributed by atoms with Crippen molar-refractivity contribution in [2.45, 2.75) is 64.0 Å².